The van der Waals surface area contributed by atoms with Gasteiger partial charge in [-0.15, -0.1) is 0 Å². The third-order valence-electron chi connectivity index (χ3n) is 3.70. The highest BCUT2D eigenvalue weighted by Gasteiger charge is 2.38. The normalized spacial score (nSPS) is 20.9. The first-order chi connectivity index (χ1) is 9.06. The fourth-order valence-electron chi connectivity index (χ4n) is 2.84. The van der Waals surface area contributed by atoms with Crippen molar-refractivity contribution in [2.45, 2.75) is 71.3 Å². The second-order valence-corrected chi connectivity index (χ2v) is 8.91. The van der Waals surface area contributed by atoms with Gasteiger partial charge in [0, 0.05) is 0 Å². The number of nitrogens with two attached hydrogens (primary N) is 1. The molecule has 0 spiro atoms. The van der Waals surface area contributed by atoms with Crippen LogP contribution in [0.25, 0.3) is 0 Å². The molecule has 118 valence electrons. The van der Waals surface area contributed by atoms with Crippen LogP contribution in [0.15, 0.2) is 0 Å². The first-order valence-electron chi connectivity index (χ1n) is 7.43. The van der Waals surface area contributed by atoms with E-state index in [-0.39, 0.29) is 17.0 Å². The van der Waals surface area contributed by atoms with E-state index in [0.717, 1.165) is 25.7 Å². The number of nitrogens with one attached hydrogen (secondary N) is 2. The Hall–Kier alpha value is -0.620. The van der Waals surface area contributed by atoms with E-state index in [2.05, 4.69) is 4.72 Å². The van der Waals surface area contributed by atoms with Crippen LogP contribution in [-0.4, -0.2) is 25.5 Å². The summed E-state index contributed by atoms with van der Waals surface area (Å²) >= 11 is 0. The van der Waals surface area contributed by atoms with Crippen molar-refractivity contribution in [2.75, 3.05) is 5.75 Å². The highest BCUT2D eigenvalue weighted by atomic mass is 32.2. The molecular formula is C14H29N3O2S. The summed E-state index contributed by atoms with van der Waals surface area (Å²) in [6.45, 7) is 5.68. The molecule has 0 saturated heterocycles. The monoisotopic (exact) mass is 303 g/mol. The number of hydrogen-bond donors (Lipinski definition) is 3. The summed E-state index contributed by atoms with van der Waals surface area (Å²) in [6, 6.07) is 0. The van der Waals surface area contributed by atoms with Crippen molar-refractivity contribution in [1.29, 1.82) is 5.41 Å². The van der Waals surface area contributed by atoms with Crippen LogP contribution in [0.1, 0.15) is 65.7 Å². The third-order valence-corrected chi connectivity index (χ3v) is 5.64. The molecule has 1 aliphatic rings. The molecule has 0 aromatic heterocycles. The van der Waals surface area contributed by atoms with Crippen LogP contribution in [0, 0.1) is 10.8 Å². The predicted molar refractivity (Wildman–Crippen MR) is 83.3 cm³/mol. The van der Waals surface area contributed by atoms with Crippen molar-refractivity contribution in [1.82, 2.24) is 4.72 Å². The molecule has 0 heterocycles. The fourth-order valence-corrected chi connectivity index (χ4v) is 4.96. The van der Waals surface area contributed by atoms with Gasteiger partial charge in [0.1, 0.15) is 5.84 Å². The number of sulfonamides is 1. The standard InChI is InChI=1S/C14H29N3O2S/c1-13(2,3)11-20(18,19)17-14(12(15)16)9-7-5-4-6-8-10-14/h17H,4-11H2,1-3H3,(H3,15,16). The predicted octanol–water partition coefficient (Wildman–Crippen LogP) is 2.37. The smallest absolute Gasteiger partial charge is 0.213 e. The minimum Gasteiger partial charge on any atom is -0.386 e. The molecule has 1 rings (SSSR count). The molecule has 5 nitrogen and oxygen atoms in total. The van der Waals surface area contributed by atoms with Crippen molar-refractivity contribution in [3.63, 3.8) is 0 Å². The summed E-state index contributed by atoms with van der Waals surface area (Å²) in [5.41, 5.74) is 4.57. The molecule has 0 atom stereocenters. The van der Waals surface area contributed by atoms with Crippen molar-refractivity contribution < 1.29 is 8.42 Å². The second kappa shape index (κ2) is 6.43. The average molecular weight is 303 g/mol. The second-order valence-electron chi connectivity index (χ2n) is 7.19. The van der Waals surface area contributed by atoms with Crippen molar-refractivity contribution in [3.8, 4) is 0 Å². The highest BCUT2D eigenvalue weighted by Crippen LogP contribution is 2.28. The zero-order valence-electron chi connectivity index (χ0n) is 13.0. The van der Waals surface area contributed by atoms with Gasteiger partial charge in [-0.25, -0.2) is 13.1 Å². The molecule has 6 heteroatoms. The van der Waals surface area contributed by atoms with Crippen LogP contribution in [0.3, 0.4) is 0 Å². The Bertz CT molecular complexity index is 430. The van der Waals surface area contributed by atoms with Gasteiger partial charge in [0.25, 0.3) is 0 Å². The van der Waals surface area contributed by atoms with E-state index in [4.69, 9.17) is 11.1 Å². The zero-order valence-corrected chi connectivity index (χ0v) is 13.8. The zero-order chi connectivity index (χ0) is 15.4. The Morgan fingerprint density at radius 2 is 1.60 bits per heavy atom. The van der Waals surface area contributed by atoms with Crippen LogP contribution in [0.2, 0.25) is 0 Å². The van der Waals surface area contributed by atoms with E-state index >= 15 is 0 Å². The van der Waals surface area contributed by atoms with E-state index in [1.165, 1.54) is 6.42 Å². The van der Waals surface area contributed by atoms with E-state index < -0.39 is 15.6 Å². The van der Waals surface area contributed by atoms with Crippen molar-refractivity contribution in [3.05, 3.63) is 0 Å². The maximum Gasteiger partial charge on any atom is 0.213 e. The number of rotatable bonds is 4. The average Bonchev–Trinajstić information content (AvgIpc) is 2.17. The number of amidine groups is 1. The summed E-state index contributed by atoms with van der Waals surface area (Å²) in [4.78, 5) is 0. The molecule has 0 bridgehead atoms. The van der Waals surface area contributed by atoms with E-state index in [9.17, 15) is 8.42 Å². The van der Waals surface area contributed by atoms with Crippen LogP contribution in [0.4, 0.5) is 0 Å². The Morgan fingerprint density at radius 1 is 1.15 bits per heavy atom. The molecule has 1 aliphatic carbocycles. The molecule has 1 fully saturated rings. The minimum absolute atomic E-state index is 0.0446. The quantitative estimate of drug-likeness (QED) is 0.549. The van der Waals surface area contributed by atoms with Crippen LogP contribution in [0.5, 0.6) is 0 Å². The lowest BCUT2D eigenvalue weighted by atomic mass is 9.84. The lowest BCUT2D eigenvalue weighted by Gasteiger charge is -2.35. The molecule has 4 N–H and O–H groups in total. The van der Waals surface area contributed by atoms with Gasteiger partial charge in [-0.2, -0.15) is 0 Å². The molecule has 0 unspecified atom stereocenters. The van der Waals surface area contributed by atoms with E-state index in [1.807, 2.05) is 20.8 Å². The summed E-state index contributed by atoms with van der Waals surface area (Å²) in [7, 11) is -3.44. The topological polar surface area (TPSA) is 96.0 Å². The van der Waals surface area contributed by atoms with Gasteiger partial charge in [-0.1, -0.05) is 52.9 Å². The van der Waals surface area contributed by atoms with Gasteiger partial charge in [0.15, 0.2) is 0 Å². The Labute approximate surface area is 123 Å². The molecule has 20 heavy (non-hydrogen) atoms. The lowest BCUT2D eigenvalue weighted by Crippen LogP contribution is -2.58. The van der Waals surface area contributed by atoms with Gasteiger partial charge >= 0.3 is 0 Å². The SMILES string of the molecule is CC(C)(C)CS(=O)(=O)NC1(C(=N)N)CCCCCCC1. The van der Waals surface area contributed by atoms with Crippen molar-refractivity contribution in [2.24, 2.45) is 11.1 Å². The van der Waals surface area contributed by atoms with Crippen molar-refractivity contribution >= 4 is 15.9 Å². The first kappa shape index (κ1) is 17.4. The van der Waals surface area contributed by atoms with Crippen LogP contribution < -0.4 is 10.5 Å². The van der Waals surface area contributed by atoms with Gasteiger partial charge in [-0.05, 0) is 18.3 Å². The first-order valence-corrected chi connectivity index (χ1v) is 9.08. The minimum atomic E-state index is -3.44. The molecule has 0 aromatic rings. The maximum absolute atomic E-state index is 12.4. The third kappa shape index (κ3) is 5.40. The molecule has 0 aliphatic heterocycles. The highest BCUT2D eigenvalue weighted by molar-refractivity contribution is 7.89. The Morgan fingerprint density at radius 3 is 2.00 bits per heavy atom. The van der Waals surface area contributed by atoms with E-state index in [1.54, 1.807) is 0 Å². The van der Waals surface area contributed by atoms with Gasteiger partial charge in [0.2, 0.25) is 10.0 Å². The molecule has 0 amide bonds. The molecule has 0 aromatic carbocycles. The fraction of sp³-hybridized carbons (Fsp3) is 0.929. The van der Waals surface area contributed by atoms with Gasteiger partial charge in [-0.3, -0.25) is 5.41 Å². The van der Waals surface area contributed by atoms with Gasteiger partial charge < -0.3 is 5.73 Å². The summed E-state index contributed by atoms with van der Waals surface area (Å²) < 4.78 is 27.5. The summed E-state index contributed by atoms with van der Waals surface area (Å²) in [5.74, 6) is 0.00607. The Kier molecular flexibility index (Phi) is 5.61. The Balaban J connectivity index is 2.93. The number of hydrogen-bond acceptors (Lipinski definition) is 3. The van der Waals surface area contributed by atoms with Crippen LogP contribution in [-0.2, 0) is 10.0 Å². The van der Waals surface area contributed by atoms with E-state index in [0.29, 0.717) is 12.8 Å². The maximum atomic E-state index is 12.4. The van der Waals surface area contributed by atoms with Crippen LogP contribution >= 0.6 is 0 Å². The largest absolute Gasteiger partial charge is 0.386 e. The summed E-state index contributed by atoms with van der Waals surface area (Å²) in [5, 5.41) is 7.87. The molecular weight excluding hydrogens is 274 g/mol. The molecule has 0 radical (unpaired) electrons. The lowest BCUT2D eigenvalue weighted by molar-refractivity contribution is 0.363. The van der Waals surface area contributed by atoms with Gasteiger partial charge in [0.05, 0.1) is 11.3 Å². The molecule has 1 saturated carbocycles. The summed E-state index contributed by atoms with van der Waals surface area (Å²) in [6.07, 6.45) is 6.43.